The Morgan fingerprint density at radius 3 is 1.49 bits per heavy atom. The third kappa shape index (κ3) is 22.6. The number of hydrogen-bond acceptors (Lipinski definition) is 14. The van der Waals surface area contributed by atoms with Gasteiger partial charge in [-0.3, -0.25) is 25.0 Å². The van der Waals surface area contributed by atoms with Crippen LogP contribution in [0.15, 0.2) is 42.5 Å². The number of aromatic hydroxyl groups is 1. The molecule has 0 aliphatic carbocycles. The summed E-state index contributed by atoms with van der Waals surface area (Å²) in [6.45, 7) is 7.16. The van der Waals surface area contributed by atoms with Gasteiger partial charge in [-0.2, -0.15) is 0 Å². The average Bonchev–Trinajstić information content (AvgIpc) is 3.12. The number of carbonyl (C=O) groups excluding carboxylic acids is 1. The van der Waals surface area contributed by atoms with Crippen LogP contribution in [0.1, 0.15) is 24.0 Å². The second kappa shape index (κ2) is 28.8. The Hall–Kier alpha value is -3.81. The molecule has 0 aliphatic heterocycles. The summed E-state index contributed by atoms with van der Waals surface area (Å²) in [7, 11) is 0. The zero-order valence-electron chi connectivity index (χ0n) is 29.0. The van der Waals surface area contributed by atoms with Crippen molar-refractivity contribution in [2.24, 2.45) is 0 Å². The van der Waals surface area contributed by atoms with E-state index < -0.39 is 9.85 Å². The van der Waals surface area contributed by atoms with Crippen LogP contribution in [-0.4, -0.2) is 133 Å². The van der Waals surface area contributed by atoms with E-state index in [2.05, 4.69) is 5.32 Å². The van der Waals surface area contributed by atoms with Gasteiger partial charge in [0.25, 0.3) is 11.4 Å². The number of aryl methyl sites for hydroxylation is 1. The van der Waals surface area contributed by atoms with Crippen LogP contribution in [-0.2, 0) is 55.5 Å². The predicted molar refractivity (Wildman–Crippen MR) is 184 cm³/mol. The maximum absolute atomic E-state index is 11.9. The minimum Gasteiger partial charge on any atom is -0.508 e. The summed E-state index contributed by atoms with van der Waals surface area (Å²) in [5.74, 6) is 0.152. The molecule has 0 spiro atoms. The molecule has 0 unspecified atom stereocenters. The lowest BCUT2D eigenvalue weighted by Crippen LogP contribution is -2.26. The Labute approximate surface area is 297 Å². The highest BCUT2D eigenvalue weighted by Gasteiger charge is 2.18. The molecule has 0 bridgehead atoms. The molecule has 0 aromatic heterocycles. The Bertz CT molecular complexity index is 1240. The molecule has 286 valence electrons. The first kappa shape index (κ1) is 43.4. The summed E-state index contributed by atoms with van der Waals surface area (Å²) >= 11 is 0. The van der Waals surface area contributed by atoms with E-state index in [-0.39, 0.29) is 29.5 Å². The molecule has 0 radical (unpaired) electrons. The molecule has 0 aliphatic rings. The molecule has 2 N–H and O–H groups in total. The number of nitro benzene ring substituents is 2. The Morgan fingerprint density at radius 1 is 0.588 bits per heavy atom. The fraction of sp³-hybridized carbons (Fsp3) is 0.618. The van der Waals surface area contributed by atoms with Crippen LogP contribution < -0.4 is 5.32 Å². The molecule has 2 rings (SSSR count). The maximum atomic E-state index is 11.9. The molecule has 2 aromatic carbocycles. The summed E-state index contributed by atoms with van der Waals surface area (Å²) in [4.78, 5) is 32.6. The topological polar surface area (TPSA) is 209 Å². The monoisotopic (exact) mass is 725 g/mol. The third-order valence-corrected chi connectivity index (χ3v) is 6.96. The number of amides is 1. The second-order valence-electron chi connectivity index (χ2n) is 10.8. The number of nitro groups is 2. The molecule has 0 fully saturated rings. The molecule has 51 heavy (non-hydrogen) atoms. The molecule has 1 amide bonds. The van der Waals surface area contributed by atoms with Gasteiger partial charge in [-0.05, 0) is 43.0 Å². The van der Waals surface area contributed by atoms with Crippen LogP contribution in [0.5, 0.6) is 5.75 Å². The number of benzene rings is 2. The van der Waals surface area contributed by atoms with Crippen LogP contribution in [0.2, 0.25) is 0 Å². The van der Waals surface area contributed by atoms with E-state index in [0.717, 1.165) is 11.6 Å². The summed E-state index contributed by atoms with van der Waals surface area (Å²) in [6, 6.07) is 10.6. The third-order valence-electron chi connectivity index (χ3n) is 6.96. The molecule has 0 saturated heterocycles. The van der Waals surface area contributed by atoms with E-state index in [1.807, 2.05) is 12.1 Å². The zero-order chi connectivity index (χ0) is 36.8. The van der Waals surface area contributed by atoms with Crippen molar-refractivity contribution in [2.45, 2.75) is 25.7 Å². The first-order chi connectivity index (χ1) is 24.9. The van der Waals surface area contributed by atoms with Crippen LogP contribution in [0.25, 0.3) is 0 Å². The van der Waals surface area contributed by atoms with Crippen LogP contribution >= 0.6 is 0 Å². The standard InChI is InChI=1S/C34H51N3O14/c38-32-7-3-29(4-8-32)9-11-35-34(39)10-13-45-15-17-47-19-21-49-23-25-51-27-26-50-24-22-48-20-18-46-16-14-44-12-1-2-30-5-6-31(36(40)41)28-33(30)37(42)43/h3-8,28,38H,1-2,9-27H2,(H,35,39). The number of carbonyl (C=O) groups is 1. The molecule has 0 heterocycles. The van der Waals surface area contributed by atoms with Gasteiger partial charge in [0.05, 0.1) is 115 Å². The fourth-order valence-electron chi connectivity index (χ4n) is 4.32. The first-order valence-electron chi connectivity index (χ1n) is 16.9. The van der Waals surface area contributed by atoms with Crippen LogP contribution in [0, 0.1) is 20.2 Å². The van der Waals surface area contributed by atoms with Gasteiger partial charge in [-0.25, -0.2) is 0 Å². The number of nitrogens with zero attached hydrogens (tertiary/aromatic N) is 2. The van der Waals surface area contributed by atoms with E-state index in [1.165, 1.54) is 12.1 Å². The van der Waals surface area contributed by atoms with Crippen molar-refractivity contribution in [1.82, 2.24) is 5.32 Å². The van der Waals surface area contributed by atoms with Crippen molar-refractivity contribution in [3.05, 3.63) is 73.8 Å². The lowest BCUT2D eigenvalue weighted by Gasteiger charge is -2.09. The molecule has 17 nitrogen and oxygen atoms in total. The molecular formula is C34H51N3O14. The minimum absolute atomic E-state index is 0.0697. The molecule has 0 atom stereocenters. The predicted octanol–water partition coefficient (Wildman–Crippen LogP) is 3.02. The lowest BCUT2D eigenvalue weighted by atomic mass is 10.1. The number of rotatable bonds is 33. The van der Waals surface area contributed by atoms with Crippen molar-refractivity contribution in [1.29, 1.82) is 0 Å². The molecule has 0 saturated carbocycles. The van der Waals surface area contributed by atoms with Crippen molar-refractivity contribution in [3.8, 4) is 5.75 Å². The van der Waals surface area contributed by atoms with Gasteiger partial charge in [0, 0.05) is 31.2 Å². The van der Waals surface area contributed by atoms with Crippen molar-refractivity contribution in [3.63, 3.8) is 0 Å². The highest BCUT2D eigenvalue weighted by molar-refractivity contribution is 5.75. The van der Waals surface area contributed by atoms with Gasteiger partial charge in [0.2, 0.25) is 5.91 Å². The maximum Gasteiger partial charge on any atom is 0.279 e. The zero-order valence-corrected chi connectivity index (χ0v) is 29.0. The van der Waals surface area contributed by atoms with Crippen LogP contribution in [0.4, 0.5) is 11.4 Å². The van der Waals surface area contributed by atoms with Gasteiger partial charge in [0.15, 0.2) is 0 Å². The smallest absolute Gasteiger partial charge is 0.279 e. The van der Waals surface area contributed by atoms with Crippen LogP contribution in [0.3, 0.4) is 0 Å². The number of hydrogen-bond donors (Lipinski definition) is 2. The molecule has 17 heteroatoms. The van der Waals surface area contributed by atoms with Crippen molar-refractivity contribution >= 4 is 17.3 Å². The van der Waals surface area contributed by atoms with E-state index >= 15 is 0 Å². The molecule has 2 aromatic rings. The lowest BCUT2D eigenvalue weighted by molar-refractivity contribution is -0.394. The number of ether oxygens (including phenoxy) is 8. The number of non-ortho nitro benzene ring substituents is 1. The quantitative estimate of drug-likeness (QED) is 0.0616. The fourth-order valence-corrected chi connectivity index (χ4v) is 4.32. The first-order valence-corrected chi connectivity index (χ1v) is 16.9. The normalized spacial score (nSPS) is 11.1. The van der Waals surface area contributed by atoms with Gasteiger partial charge in [-0.1, -0.05) is 12.1 Å². The Morgan fingerprint density at radius 2 is 1.04 bits per heavy atom. The Kier molecular flexibility index (Phi) is 24.5. The van der Waals surface area contributed by atoms with E-state index in [0.29, 0.717) is 137 Å². The summed E-state index contributed by atoms with van der Waals surface area (Å²) < 4.78 is 43.6. The summed E-state index contributed by atoms with van der Waals surface area (Å²) in [6.07, 6.45) is 1.89. The average molecular weight is 726 g/mol. The van der Waals surface area contributed by atoms with E-state index in [9.17, 15) is 30.1 Å². The highest BCUT2D eigenvalue weighted by atomic mass is 16.6. The van der Waals surface area contributed by atoms with E-state index in [1.54, 1.807) is 12.1 Å². The van der Waals surface area contributed by atoms with Gasteiger partial charge in [0.1, 0.15) is 5.75 Å². The summed E-state index contributed by atoms with van der Waals surface area (Å²) in [5, 5.41) is 34.1. The molecular weight excluding hydrogens is 674 g/mol. The van der Waals surface area contributed by atoms with E-state index in [4.69, 9.17) is 37.9 Å². The SMILES string of the molecule is O=C(CCOCCOCCOCCOCCOCCOCCOCCOCCCc1ccc([N+](=O)[O-])cc1[N+](=O)[O-])NCCc1ccc(O)cc1. The highest BCUT2D eigenvalue weighted by Crippen LogP contribution is 2.25. The number of nitrogens with one attached hydrogen (secondary N) is 1. The number of phenols is 1. The van der Waals surface area contributed by atoms with Crippen molar-refractivity contribution < 1.29 is 57.6 Å². The van der Waals surface area contributed by atoms with Gasteiger partial charge < -0.3 is 48.3 Å². The minimum atomic E-state index is -0.657. The van der Waals surface area contributed by atoms with Gasteiger partial charge in [-0.15, -0.1) is 0 Å². The van der Waals surface area contributed by atoms with Gasteiger partial charge >= 0.3 is 0 Å². The van der Waals surface area contributed by atoms with Crippen molar-refractivity contribution in [2.75, 3.05) is 112 Å². The number of phenolic OH excluding ortho intramolecular Hbond substituents is 1. The second-order valence-corrected chi connectivity index (χ2v) is 10.8. The Balaban J connectivity index is 1.23. The largest absolute Gasteiger partial charge is 0.508 e. The summed E-state index contributed by atoms with van der Waals surface area (Å²) in [5.41, 5.74) is 0.902.